The number of ether oxygens (including phenoxy) is 4. The Labute approximate surface area is 595 Å². The van der Waals surface area contributed by atoms with E-state index in [4.69, 9.17) is 37.0 Å². The minimum atomic E-state index is -4.98. The Hall–Kier alpha value is -3.76. The molecule has 0 aromatic rings. The normalized spacial score (nSPS) is 14.4. The number of esters is 4. The van der Waals surface area contributed by atoms with Crippen LogP contribution in [0.15, 0.2) is 85.1 Å². The molecule has 5 atom stereocenters. The van der Waals surface area contributed by atoms with Crippen molar-refractivity contribution in [1.29, 1.82) is 0 Å². The summed E-state index contributed by atoms with van der Waals surface area (Å²) in [5.41, 5.74) is 0. The summed E-state index contributed by atoms with van der Waals surface area (Å²) < 4.78 is 68.5. The SMILES string of the molecule is CC/C=C\C/C=C\C/C=C\CCCCCCCC(=O)OCC(COP(=O)(O)OCC(O)COP(=O)(O)OCC(COC(=O)CCCCCCC/C=C\C/C=C\C/C=C\CC)OC(=O)CCCCCCCCCCCCCCC)OC(=O)CCCCCCC/C=C\CCCCCCCC. The van der Waals surface area contributed by atoms with Gasteiger partial charge in [0, 0.05) is 25.7 Å². The number of phosphoric acid groups is 2. The molecule has 0 rings (SSSR count). The lowest BCUT2D eigenvalue weighted by molar-refractivity contribution is -0.161. The summed E-state index contributed by atoms with van der Waals surface area (Å²) in [7, 11) is -9.95. The lowest BCUT2D eigenvalue weighted by atomic mass is 10.0. The van der Waals surface area contributed by atoms with Crippen LogP contribution in [0.25, 0.3) is 0 Å². The van der Waals surface area contributed by atoms with Crippen molar-refractivity contribution in [3.8, 4) is 0 Å². The van der Waals surface area contributed by atoms with Gasteiger partial charge in [-0.3, -0.25) is 37.3 Å². The Bertz CT molecular complexity index is 2190. The third-order valence-corrected chi connectivity index (χ3v) is 18.3. The molecule has 0 amide bonds. The topological polar surface area (TPSA) is 237 Å². The smallest absolute Gasteiger partial charge is 0.462 e. The summed E-state index contributed by atoms with van der Waals surface area (Å²) in [5, 5.41) is 10.6. The van der Waals surface area contributed by atoms with E-state index in [0.29, 0.717) is 25.7 Å². The average molecular weight is 1420 g/mol. The minimum Gasteiger partial charge on any atom is -0.462 e. The molecule has 0 bridgehead atoms. The van der Waals surface area contributed by atoms with Gasteiger partial charge >= 0.3 is 39.5 Å². The van der Waals surface area contributed by atoms with Gasteiger partial charge in [0.1, 0.15) is 19.3 Å². The number of unbranched alkanes of at least 4 members (excludes halogenated alkanes) is 33. The lowest BCUT2D eigenvalue weighted by Gasteiger charge is -2.21. The predicted octanol–water partition coefficient (Wildman–Crippen LogP) is 22.2. The number of hydrogen-bond donors (Lipinski definition) is 3. The Kier molecular flexibility index (Phi) is 68.9. The minimum absolute atomic E-state index is 0.0827. The van der Waals surface area contributed by atoms with Crippen LogP contribution in [0.2, 0.25) is 0 Å². The van der Waals surface area contributed by atoms with Crippen LogP contribution >= 0.6 is 15.6 Å². The van der Waals surface area contributed by atoms with Gasteiger partial charge in [-0.25, -0.2) is 9.13 Å². The zero-order valence-electron chi connectivity index (χ0n) is 62.0. The summed E-state index contributed by atoms with van der Waals surface area (Å²) in [5.74, 6) is -2.20. The number of carbonyl (C=O) groups excluding carboxylic acids is 4. The summed E-state index contributed by atoms with van der Waals surface area (Å²) in [6.45, 7) is 4.64. The molecule has 0 spiro atoms. The van der Waals surface area contributed by atoms with Crippen molar-refractivity contribution < 1.29 is 80.2 Å². The van der Waals surface area contributed by atoms with Gasteiger partial charge < -0.3 is 33.8 Å². The van der Waals surface area contributed by atoms with Gasteiger partial charge in [-0.05, 0) is 116 Å². The standard InChI is InChI=1S/C79H140O17P2/c1-5-9-13-17-21-25-29-33-36-40-43-47-51-55-59-63-76(81)89-69-74(95-78(83)65-61-57-53-49-45-39-32-28-24-20-16-12-8-4)71-93-97(85,86)91-67-73(80)68-92-98(87,88)94-72-75(96-79(84)66-62-58-54-50-46-42-38-35-31-27-23-19-15-11-7-3)70-90-77(82)64-60-56-52-48-44-41-37-34-30-26-22-18-14-10-6-2/h9-10,13-14,21-22,25-26,33-38,73-75,80H,5-8,11-12,15-20,23-24,27-32,39-72H2,1-4H3,(H,85,86)(H,87,88)/b13-9-,14-10-,25-21-,26-22-,36-33-,37-34-,38-35-. The van der Waals surface area contributed by atoms with Crippen LogP contribution in [0.3, 0.4) is 0 Å². The van der Waals surface area contributed by atoms with Gasteiger partial charge in [-0.1, -0.05) is 280 Å². The van der Waals surface area contributed by atoms with Crippen molar-refractivity contribution in [2.24, 2.45) is 0 Å². The van der Waals surface area contributed by atoms with Crippen LogP contribution < -0.4 is 0 Å². The van der Waals surface area contributed by atoms with Crippen molar-refractivity contribution >= 4 is 39.5 Å². The molecule has 0 aromatic carbocycles. The second kappa shape index (κ2) is 71.6. The number of aliphatic hydroxyl groups is 1. The zero-order valence-corrected chi connectivity index (χ0v) is 63.7. The first-order valence-electron chi connectivity index (χ1n) is 38.8. The number of phosphoric ester groups is 2. The van der Waals surface area contributed by atoms with E-state index in [2.05, 4.69) is 113 Å². The summed E-state index contributed by atoms with van der Waals surface area (Å²) in [6, 6.07) is 0. The maximum Gasteiger partial charge on any atom is 0.472 e. The van der Waals surface area contributed by atoms with Crippen LogP contribution in [-0.2, 0) is 65.4 Å². The maximum absolute atomic E-state index is 13.1. The molecule has 3 N–H and O–H groups in total. The van der Waals surface area contributed by atoms with Crippen LogP contribution in [-0.4, -0.2) is 96.7 Å². The number of aliphatic hydroxyl groups excluding tert-OH is 1. The van der Waals surface area contributed by atoms with Gasteiger partial charge in [0.2, 0.25) is 0 Å². The first kappa shape index (κ1) is 94.2. The molecule has 19 heteroatoms. The van der Waals surface area contributed by atoms with Gasteiger partial charge in [-0.2, -0.15) is 0 Å². The molecule has 98 heavy (non-hydrogen) atoms. The van der Waals surface area contributed by atoms with E-state index in [-0.39, 0.29) is 25.7 Å². The third-order valence-electron chi connectivity index (χ3n) is 16.4. The molecular weight excluding hydrogens is 1280 g/mol. The summed E-state index contributed by atoms with van der Waals surface area (Å²) in [6.07, 6.45) is 72.8. The zero-order chi connectivity index (χ0) is 71.8. The third kappa shape index (κ3) is 70.7. The number of carbonyl (C=O) groups is 4. The van der Waals surface area contributed by atoms with E-state index in [1.54, 1.807) is 0 Å². The first-order valence-corrected chi connectivity index (χ1v) is 41.8. The van der Waals surface area contributed by atoms with E-state index in [9.17, 15) is 43.2 Å². The highest BCUT2D eigenvalue weighted by Gasteiger charge is 2.30. The Morgan fingerprint density at radius 3 is 0.827 bits per heavy atom. The molecule has 0 aromatic heterocycles. The first-order chi connectivity index (χ1) is 47.7. The van der Waals surface area contributed by atoms with E-state index in [1.165, 1.54) is 89.9 Å². The predicted molar refractivity (Wildman–Crippen MR) is 399 cm³/mol. The maximum atomic E-state index is 13.1. The fourth-order valence-electron chi connectivity index (χ4n) is 10.5. The van der Waals surface area contributed by atoms with Crippen LogP contribution in [0.4, 0.5) is 0 Å². The highest BCUT2D eigenvalue weighted by molar-refractivity contribution is 7.47. The summed E-state index contributed by atoms with van der Waals surface area (Å²) >= 11 is 0. The lowest BCUT2D eigenvalue weighted by Crippen LogP contribution is -2.30. The molecule has 17 nitrogen and oxygen atoms in total. The number of hydrogen-bond acceptors (Lipinski definition) is 15. The molecule has 0 saturated heterocycles. The van der Waals surface area contributed by atoms with E-state index >= 15 is 0 Å². The Morgan fingerprint density at radius 1 is 0.296 bits per heavy atom. The Morgan fingerprint density at radius 2 is 0.531 bits per heavy atom. The van der Waals surface area contributed by atoms with E-state index < -0.39 is 97.5 Å². The van der Waals surface area contributed by atoms with Gasteiger partial charge in [0.25, 0.3) is 0 Å². The molecule has 568 valence electrons. The highest BCUT2D eigenvalue weighted by Crippen LogP contribution is 2.45. The fraction of sp³-hybridized carbons (Fsp3) is 0.772. The fourth-order valence-corrected chi connectivity index (χ4v) is 12.1. The van der Waals surface area contributed by atoms with Crippen LogP contribution in [0, 0.1) is 0 Å². The second-order valence-corrected chi connectivity index (χ2v) is 28.8. The molecule has 0 aliphatic rings. The Balaban J connectivity index is 5.36. The molecular formula is C79H140O17P2. The number of allylic oxidation sites excluding steroid dienone is 14. The largest absolute Gasteiger partial charge is 0.472 e. The molecule has 0 saturated carbocycles. The van der Waals surface area contributed by atoms with Crippen molar-refractivity contribution in [2.45, 2.75) is 354 Å². The molecule has 0 aliphatic carbocycles. The van der Waals surface area contributed by atoms with Crippen LogP contribution in [0.1, 0.15) is 336 Å². The van der Waals surface area contributed by atoms with Crippen molar-refractivity contribution in [3.05, 3.63) is 85.1 Å². The van der Waals surface area contributed by atoms with Crippen molar-refractivity contribution in [1.82, 2.24) is 0 Å². The quantitative estimate of drug-likeness (QED) is 0.0169. The molecule has 5 unspecified atom stereocenters. The molecule has 0 radical (unpaired) electrons. The second-order valence-electron chi connectivity index (χ2n) is 25.9. The van der Waals surface area contributed by atoms with E-state index in [0.717, 1.165) is 167 Å². The highest BCUT2D eigenvalue weighted by atomic mass is 31.2. The molecule has 0 aliphatic heterocycles. The van der Waals surface area contributed by atoms with Gasteiger partial charge in [-0.15, -0.1) is 0 Å². The average Bonchev–Trinajstić information content (AvgIpc) is 1.04. The monoisotopic (exact) mass is 1420 g/mol. The van der Waals surface area contributed by atoms with Crippen LogP contribution in [0.5, 0.6) is 0 Å². The van der Waals surface area contributed by atoms with Crippen molar-refractivity contribution in [2.75, 3.05) is 39.6 Å². The van der Waals surface area contributed by atoms with Gasteiger partial charge in [0.15, 0.2) is 12.2 Å². The number of rotatable bonds is 73. The molecule has 0 heterocycles. The van der Waals surface area contributed by atoms with E-state index in [1.807, 2.05) is 0 Å². The van der Waals surface area contributed by atoms with Crippen molar-refractivity contribution in [3.63, 3.8) is 0 Å². The van der Waals surface area contributed by atoms with Gasteiger partial charge in [0.05, 0.1) is 26.4 Å². The summed E-state index contributed by atoms with van der Waals surface area (Å²) in [4.78, 5) is 72.9. The molecule has 0 fully saturated rings.